The van der Waals surface area contributed by atoms with Crippen LogP contribution in [0.15, 0.2) is 34.9 Å². The van der Waals surface area contributed by atoms with Crippen molar-refractivity contribution in [3.05, 3.63) is 41.6 Å². The number of aryl methyl sites for hydroxylation is 1. The molecule has 3 rings (SSSR count). The Kier molecular flexibility index (Phi) is 5.53. The molecular weight excluding hydrogens is 316 g/mol. The van der Waals surface area contributed by atoms with E-state index in [4.69, 9.17) is 9.26 Å². The van der Waals surface area contributed by atoms with Crippen LogP contribution in [0.5, 0.6) is 0 Å². The van der Waals surface area contributed by atoms with Gasteiger partial charge in [0.1, 0.15) is 5.56 Å². The van der Waals surface area contributed by atoms with Gasteiger partial charge in [0.05, 0.1) is 17.9 Å². The lowest BCUT2D eigenvalue weighted by Crippen LogP contribution is -2.39. The Hall–Kier alpha value is -2.14. The van der Waals surface area contributed by atoms with Gasteiger partial charge in [-0.1, -0.05) is 35.5 Å². The van der Waals surface area contributed by atoms with Crippen molar-refractivity contribution in [1.29, 1.82) is 0 Å². The molecule has 1 fully saturated rings. The number of nitrogens with zero attached hydrogens (tertiary/aromatic N) is 1. The maximum atomic E-state index is 12.8. The standard InChI is InChI=1S/C20H26N2O3/c1-13(2)24-17-11-9-16(10-12-17)21-20(23)18-14(3)22-25-19(18)15-7-5-4-6-8-15/h4-8,13,16-17H,9-12H2,1-3H3,(H,21,23). The molecule has 0 saturated heterocycles. The van der Waals surface area contributed by atoms with Gasteiger partial charge >= 0.3 is 0 Å². The number of aromatic nitrogens is 1. The summed E-state index contributed by atoms with van der Waals surface area (Å²) in [5.41, 5.74) is 2.02. The summed E-state index contributed by atoms with van der Waals surface area (Å²) in [4.78, 5) is 12.8. The average Bonchev–Trinajstić information content (AvgIpc) is 2.99. The Morgan fingerprint density at radius 2 is 1.88 bits per heavy atom. The van der Waals surface area contributed by atoms with E-state index in [1.54, 1.807) is 6.92 Å². The maximum absolute atomic E-state index is 12.8. The number of nitrogens with one attached hydrogen (secondary N) is 1. The second kappa shape index (κ2) is 7.83. The summed E-state index contributed by atoms with van der Waals surface area (Å²) in [6.45, 7) is 5.93. The second-order valence-corrected chi connectivity index (χ2v) is 6.97. The Labute approximate surface area is 148 Å². The summed E-state index contributed by atoms with van der Waals surface area (Å²) in [7, 11) is 0. The number of ether oxygens (including phenoxy) is 1. The molecule has 5 nitrogen and oxygen atoms in total. The molecule has 0 atom stereocenters. The minimum atomic E-state index is -0.106. The average molecular weight is 342 g/mol. The lowest BCUT2D eigenvalue weighted by atomic mass is 9.92. The molecule has 1 aliphatic rings. The van der Waals surface area contributed by atoms with Crippen molar-refractivity contribution in [3.8, 4) is 11.3 Å². The molecule has 0 aliphatic heterocycles. The largest absolute Gasteiger partial charge is 0.376 e. The zero-order valence-corrected chi connectivity index (χ0v) is 15.1. The van der Waals surface area contributed by atoms with Crippen LogP contribution in [0.1, 0.15) is 55.6 Å². The van der Waals surface area contributed by atoms with Crippen LogP contribution in [0.3, 0.4) is 0 Å². The van der Waals surface area contributed by atoms with Gasteiger partial charge in [-0.25, -0.2) is 0 Å². The van der Waals surface area contributed by atoms with Gasteiger partial charge in [0, 0.05) is 11.6 Å². The minimum Gasteiger partial charge on any atom is -0.376 e. The lowest BCUT2D eigenvalue weighted by Gasteiger charge is -2.30. The predicted molar refractivity (Wildman–Crippen MR) is 96.4 cm³/mol. The predicted octanol–water partition coefficient (Wildman–Crippen LogP) is 4.12. The molecule has 0 bridgehead atoms. The van der Waals surface area contributed by atoms with Crippen molar-refractivity contribution in [2.75, 3.05) is 0 Å². The van der Waals surface area contributed by atoms with E-state index in [0.717, 1.165) is 31.2 Å². The van der Waals surface area contributed by atoms with Crippen molar-refractivity contribution in [3.63, 3.8) is 0 Å². The first-order valence-corrected chi connectivity index (χ1v) is 9.02. The zero-order valence-electron chi connectivity index (χ0n) is 15.1. The van der Waals surface area contributed by atoms with Gasteiger partial charge < -0.3 is 14.6 Å². The summed E-state index contributed by atoms with van der Waals surface area (Å²) in [6, 6.07) is 9.80. The van der Waals surface area contributed by atoms with Gasteiger partial charge in [0.15, 0.2) is 5.76 Å². The number of carbonyl (C=O) groups excluding carboxylic acids is 1. The van der Waals surface area contributed by atoms with Crippen LogP contribution < -0.4 is 5.32 Å². The number of carbonyl (C=O) groups is 1. The Bertz CT molecular complexity index is 701. The minimum absolute atomic E-state index is 0.106. The number of rotatable bonds is 5. The van der Waals surface area contributed by atoms with Gasteiger partial charge in [-0.2, -0.15) is 0 Å². The topological polar surface area (TPSA) is 64.4 Å². The molecule has 5 heteroatoms. The second-order valence-electron chi connectivity index (χ2n) is 6.97. The summed E-state index contributed by atoms with van der Waals surface area (Å²) in [5.74, 6) is 0.429. The van der Waals surface area contributed by atoms with Crippen LogP contribution >= 0.6 is 0 Å². The van der Waals surface area contributed by atoms with E-state index in [2.05, 4.69) is 24.3 Å². The quantitative estimate of drug-likeness (QED) is 0.888. The number of benzene rings is 1. The molecule has 1 saturated carbocycles. The van der Waals surface area contributed by atoms with E-state index >= 15 is 0 Å². The van der Waals surface area contributed by atoms with Gasteiger partial charge in [-0.15, -0.1) is 0 Å². The number of amides is 1. The highest BCUT2D eigenvalue weighted by molar-refractivity contribution is 6.00. The molecular formula is C20H26N2O3. The molecule has 1 aromatic heterocycles. The molecule has 25 heavy (non-hydrogen) atoms. The van der Waals surface area contributed by atoms with Crippen LogP contribution in [0.4, 0.5) is 0 Å². The van der Waals surface area contributed by atoms with Crippen LogP contribution in [0.25, 0.3) is 11.3 Å². The van der Waals surface area contributed by atoms with Gasteiger partial charge in [0.25, 0.3) is 5.91 Å². The molecule has 1 N–H and O–H groups in total. The monoisotopic (exact) mass is 342 g/mol. The smallest absolute Gasteiger partial charge is 0.257 e. The summed E-state index contributed by atoms with van der Waals surface area (Å²) < 4.78 is 11.3. The van der Waals surface area contributed by atoms with Crippen molar-refractivity contribution >= 4 is 5.91 Å². The molecule has 1 aliphatic carbocycles. The van der Waals surface area contributed by atoms with Gasteiger partial charge in [0.2, 0.25) is 0 Å². The first-order valence-electron chi connectivity index (χ1n) is 9.02. The third kappa shape index (κ3) is 4.28. The van der Waals surface area contributed by atoms with Crippen LogP contribution in [0, 0.1) is 6.92 Å². The highest BCUT2D eigenvalue weighted by Gasteiger charge is 2.27. The first kappa shape index (κ1) is 17.7. The lowest BCUT2D eigenvalue weighted by molar-refractivity contribution is -0.0159. The normalized spacial score (nSPS) is 20.6. The van der Waals surface area contributed by atoms with E-state index in [9.17, 15) is 4.79 Å². The fourth-order valence-corrected chi connectivity index (χ4v) is 3.41. The molecule has 1 aromatic carbocycles. The third-order valence-corrected chi connectivity index (χ3v) is 4.60. The van der Waals surface area contributed by atoms with E-state index in [0.29, 0.717) is 23.1 Å². The summed E-state index contributed by atoms with van der Waals surface area (Å²) in [6.07, 6.45) is 4.41. The van der Waals surface area contributed by atoms with Crippen molar-refractivity contribution in [2.45, 2.75) is 64.7 Å². The Morgan fingerprint density at radius 1 is 1.20 bits per heavy atom. The Balaban J connectivity index is 1.66. The van der Waals surface area contributed by atoms with Crippen molar-refractivity contribution in [2.24, 2.45) is 0 Å². The molecule has 1 heterocycles. The first-order chi connectivity index (χ1) is 12.0. The summed E-state index contributed by atoms with van der Waals surface area (Å²) >= 11 is 0. The molecule has 0 radical (unpaired) electrons. The molecule has 134 valence electrons. The van der Waals surface area contributed by atoms with Crippen molar-refractivity contribution in [1.82, 2.24) is 10.5 Å². The van der Waals surface area contributed by atoms with E-state index in [1.807, 2.05) is 30.3 Å². The third-order valence-electron chi connectivity index (χ3n) is 4.60. The van der Waals surface area contributed by atoms with Crippen LogP contribution in [0.2, 0.25) is 0 Å². The van der Waals surface area contributed by atoms with Crippen LogP contribution in [-0.4, -0.2) is 29.3 Å². The number of hydrogen-bond acceptors (Lipinski definition) is 4. The number of hydrogen-bond donors (Lipinski definition) is 1. The maximum Gasteiger partial charge on any atom is 0.257 e. The highest BCUT2D eigenvalue weighted by atomic mass is 16.5. The fraction of sp³-hybridized carbons (Fsp3) is 0.500. The SMILES string of the molecule is Cc1noc(-c2ccccc2)c1C(=O)NC1CCC(OC(C)C)CC1. The van der Waals surface area contributed by atoms with Gasteiger partial charge in [-0.3, -0.25) is 4.79 Å². The van der Waals surface area contributed by atoms with E-state index in [1.165, 1.54) is 0 Å². The van der Waals surface area contributed by atoms with E-state index in [-0.39, 0.29) is 18.1 Å². The Morgan fingerprint density at radius 3 is 2.52 bits per heavy atom. The molecule has 0 spiro atoms. The molecule has 1 amide bonds. The molecule has 0 unspecified atom stereocenters. The fourth-order valence-electron chi connectivity index (χ4n) is 3.41. The van der Waals surface area contributed by atoms with E-state index < -0.39 is 0 Å². The zero-order chi connectivity index (χ0) is 17.8. The van der Waals surface area contributed by atoms with Crippen molar-refractivity contribution < 1.29 is 14.1 Å². The van der Waals surface area contributed by atoms with Crippen LogP contribution in [-0.2, 0) is 4.74 Å². The highest BCUT2D eigenvalue weighted by Crippen LogP contribution is 2.27. The summed E-state index contributed by atoms with van der Waals surface area (Å²) in [5, 5.41) is 7.15. The molecule has 2 aromatic rings. The van der Waals surface area contributed by atoms with Gasteiger partial charge in [-0.05, 0) is 46.5 Å².